The van der Waals surface area contributed by atoms with Gasteiger partial charge in [0.2, 0.25) is 0 Å². The molecule has 0 saturated heterocycles. The van der Waals surface area contributed by atoms with Crippen molar-refractivity contribution in [1.82, 2.24) is 0 Å². The minimum Gasteiger partial charge on any atom is -0.143 e. The van der Waals surface area contributed by atoms with Gasteiger partial charge in [0.1, 0.15) is 0 Å². The van der Waals surface area contributed by atoms with Crippen molar-refractivity contribution in [1.29, 1.82) is 0 Å². The maximum atomic E-state index is 2.18. The smallest absolute Gasteiger partial charge is 0.0478 e. The molecule has 0 amide bonds. The summed E-state index contributed by atoms with van der Waals surface area (Å²) in [6.45, 7) is 0. The van der Waals surface area contributed by atoms with Crippen LogP contribution in [-0.4, -0.2) is 6.26 Å². The van der Waals surface area contributed by atoms with Gasteiger partial charge >= 0.3 is 0 Å². The first-order valence-corrected chi connectivity index (χ1v) is 6.19. The Kier molecular flexibility index (Phi) is 2.71. The molecule has 1 aromatic carbocycles. The van der Waals surface area contributed by atoms with Crippen molar-refractivity contribution in [3.63, 3.8) is 0 Å². The van der Waals surface area contributed by atoms with Crippen molar-refractivity contribution < 1.29 is 0 Å². The van der Waals surface area contributed by atoms with E-state index in [2.05, 4.69) is 48.0 Å². The lowest BCUT2D eigenvalue weighted by atomic mass is 10.2. The second-order valence-electron chi connectivity index (χ2n) is 2.68. The third-order valence-corrected chi connectivity index (χ3v) is 3.76. The summed E-state index contributed by atoms with van der Waals surface area (Å²) in [5.74, 6) is 0. The maximum absolute atomic E-state index is 2.18. The molecule has 0 nitrogen and oxygen atoms in total. The third-order valence-electron chi connectivity index (χ3n) is 1.88. The summed E-state index contributed by atoms with van der Waals surface area (Å²) in [6.07, 6.45) is 2.12. The monoisotopic (exact) mass is 206 g/mol. The molecule has 0 saturated carbocycles. The molecule has 66 valence electrons. The molecule has 13 heavy (non-hydrogen) atoms. The fourth-order valence-corrected chi connectivity index (χ4v) is 3.04. The van der Waals surface area contributed by atoms with Crippen LogP contribution < -0.4 is 0 Å². The number of benzene rings is 1. The van der Waals surface area contributed by atoms with Gasteiger partial charge in [0.05, 0.1) is 0 Å². The molecule has 0 bridgehead atoms. The van der Waals surface area contributed by atoms with E-state index in [1.54, 1.807) is 11.3 Å². The Morgan fingerprint density at radius 3 is 2.54 bits per heavy atom. The highest BCUT2D eigenvalue weighted by Crippen LogP contribution is 2.34. The number of thiophene rings is 1. The predicted octanol–water partition coefficient (Wildman–Crippen LogP) is 4.14. The molecule has 0 N–H and O–H groups in total. The molecule has 2 rings (SSSR count). The minimum absolute atomic E-state index is 1.32. The lowest BCUT2D eigenvalue weighted by Crippen LogP contribution is -1.72. The Morgan fingerprint density at radius 1 is 1.08 bits per heavy atom. The Labute approximate surface area is 86.6 Å². The van der Waals surface area contributed by atoms with Crippen LogP contribution in [0.2, 0.25) is 0 Å². The maximum Gasteiger partial charge on any atom is 0.0478 e. The van der Waals surface area contributed by atoms with Gasteiger partial charge in [0, 0.05) is 9.77 Å². The van der Waals surface area contributed by atoms with Crippen LogP contribution in [0, 0.1) is 0 Å². The van der Waals surface area contributed by atoms with E-state index in [4.69, 9.17) is 0 Å². The van der Waals surface area contributed by atoms with E-state index in [-0.39, 0.29) is 0 Å². The van der Waals surface area contributed by atoms with Crippen molar-refractivity contribution in [3.05, 3.63) is 41.8 Å². The van der Waals surface area contributed by atoms with E-state index in [1.807, 2.05) is 11.8 Å². The number of rotatable bonds is 2. The zero-order valence-electron chi connectivity index (χ0n) is 7.36. The van der Waals surface area contributed by atoms with Gasteiger partial charge < -0.3 is 0 Å². The topological polar surface area (TPSA) is 0 Å². The standard InChI is InChI=1S/C11H10S2/c1-12-10-7-8-13-11(10)9-5-3-2-4-6-9/h2-8H,1H3. The molecule has 1 heterocycles. The highest BCUT2D eigenvalue weighted by molar-refractivity contribution is 7.98. The predicted molar refractivity (Wildman–Crippen MR) is 61.5 cm³/mol. The van der Waals surface area contributed by atoms with Crippen LogP contribution in [0.5, 0.6) is 0 Å². The van der Waals surface area contributed by atoms with Crippen LogP contribution >= 0.6 is 23.1 Å². The fourth-order valence-electron chi connectivity index (χ4n) is 1.26. The molecule has 0 spiro atoms. The highest BCUT2D eigenvalue weighted by atomic mass is 32.2. The Hall–Kier alpha value is -0.730. The van der Waals surface area contributed by atoms with E-state index in [9.17, 15) is 0 Å². The summed E-state index contributed by atoms with van der Waals surface area (Å²) in [5, 5.41) is 2.15. The molecular formula is C11H10S2. The first-order valence-electron chi connectivity index (χ1n) is 4.08. The van der Waals surface area contributed by atoms with Crippen LogP contribution in [0.1, 0.15) is 0 Å². The zero-order chi connectivity index (χ0) is 9.10. The van der Waals surface area contributed by atoms with Crippen molar-refractivity contribution in [2.24, 2.45) is 0 Å². The fraction of sp³-hybridized carbons (Fsp3) is 0.0909. The zero-order valence-corrected chi connectivity index (χ0v) is 8.99. The van der Waals surface area contributed by atoms with E-state index in [1.165, 1.54) is 15.3 Å². The van der Waals surface area contributed by atoms with Gasteiger partial charge in [-0.15, -0.1) is 23.1 Å². The molecule has 0 aliphatic carbocycles. The Balaban J connectivity index is 2.47. The number of thioether (sulfide) groups is 1. The SMILES string of the molecule is CSc1ccsc1-c1ccccc1. The lowest BCUT2D eigenvalue weighted by molar-refractivity contribution is 1.56. The second-order valence-corrected chi connectivity index (χ2v) is 4.45. The van der Waals surface area contributed by atoms with Crippen molar-refractivity contribution in [3.8, 4) is 10.4 Å². The number of hydrogen-bond acceptors (Lipinski definition) is 2. The van der Waals surface area contributed by atoms with Gasteiger partial charge in [-0.25, -0.2) is 0 Å². The summed E-state index contributed by atoms with van der Waals surface area (Å²) in [5.41, 5.74) is 1.32. The first-order chi connectivity index (χ1) is 6.42. The van der Waals surface area contributed by atoms with Gasteiger partial charge in [-0.05, 0) is 23.3 Å². The average Bonchev–Trinajstić information content (AvgIpc) is 2.67. The Bertz CT molecular complexity index is 376. The van der Waals surface area contributed by atoms with Gasteiger partial charge in [-0.3, -0.25) is 0 Å². The molecule has 0 atom stereocenters. The average molecular weight is 206 g/mol. The van der Waals surface area contributed by atoms with Crippen molar-refractivity contribution in [2.45, 2.75) is 4.90 Å². The molecular weight excluding hydrogens is 196 g/mol. The second kappa shape index (κ2) is 3.99. The summed E-state index contributed by atoms with van der Waals surface area (Å²) in [4.78, 5) is 2.75. The number of hydrogen-bond donors (Lipinski definition) is 0. The summed E-state index contributed by atoms with van der Waals surface area (Å²) >= 11 is 3.61. The van der Waals surface area contributed by atoms with E-state index >= 15 is 0 Å². The van der Waals surface area contributed by atoms with Crippen LogP contribution in [-0.2, 0) is 0 Å². The van der Waals surface area contributed by atoms with E-state index in [0.717, 1.165) is 0 Å². The summed E-state index contributed by atoms with van der Waals surface area (Å²) < 4.78 is 0. The molecule has 0 aliphatic rings. The molecule has 2 heteroatoms. The molecule has 0 radical (unpaired) electrons. The minimum atomic E-state index is 1.32. The first kappa shape index (κ1) is 8.85. The summed E-state index contributed by atoms with van der Waals surface area (Å²) in [7, 11) is 0. The van der Waals surface area contributed by atoms with Crippen LogP contribution in [0.4, 0.5) is 0 Å². The third kappa shape index (κ3) is 1.79. The molecule has 0 fully saturated rings. The van der Waals surface area contributed by atoms with Crippen molar-refractivity contribution >= 4 is 23.1 Å². The van der Waals surface area contributed by atoms with Crippen LogP contribution in [0.15, 0.2) is 46.7 Å². The normalized spacial score (nSPS) is 10.2. The summed E-state index contributed by atoms with van der Waals surface area (Å²) in [6, 6.07) is 12.7. The van der Waals surface area contributed by atoms with E-state index in [0.29, 0.717) is 0 Å². The van der Waals surface area contributed by atoms with Gasteiger partial charge in [-0.1, -0.05) is 30.3 Å². The quantitative estimate of drug-likeness (QED) is 0.665. The van der Waals surface area contributed by atoms with Gasteiger partial charge in [-0.2, -0.15) is 0 Å². The van der Waals surface area contributed by atoms with E-state index < -0.39 is 0 Å². The van der Waals surface area contributed by atoms with Crippen LogP contribution in [0.25, 0.3) is 10.4 Å². The Morgan fingerprint density at radius 2 is 1.85 bits per heavy atom. The van der Waals surface area contributed by atoms with Gasteiger partial charge in [0.15, 0.2) is 0 Å². The molecule has 1 aromatic heterocycles. The highest BCUT2D eigenvalue weighted by Gasteiger charge is 2.04. The lowest BCUT2D eigenvalue weighted by Gasteiger charge is -1.99. The molecule has 0 aliphatic heterocycles. The van der Waals surface area contributed by atoms with Gasteiger partial charge in [0.25, 0.3) is 0 Å². The molecule has 2 aromatic rings. The van der Waals surface area contributed by atoms with Crippen molar-refractivity contribution in [2.75, 3.05) is 6.26 Å². The molecule has 0 unspecified atom stereocenters. The van der Waals surface area contributed by atoms with Crippen LogP contribution in [0.3, 0.4) is 0 Å². The largest absolute Gasteiger partial charge is 0.143 e.